The Morgan fingerprint density at radius 2 is 2.08 bits per heavy atom. The Bertz CT molecular complexity index is 624. The predicted molar refractivity (Wildman–Crippen MR) is 89.6 cm³/mol. The summed E-state index contributed by atoms with van der Waals surface area (Å²) in [5.41, 5.74) is 0.665. The maximum absolute atomic E-state index is 12.3. The lowest BCUT2D eigenvalue weighted by Crippen LogP contribution is -2.36. The van der Waals surface area contributed by atoms with Crippen LogP contribution in [0.4, 0.5) is 5.69 Å². The second kappa shape index (κ2) is 7.32. The Labute approximate surface area is 142 Å². The number of aryl methyl sites for hydroxylation is 1. The fourth-order valence-electron chi connectivity index (χ4n) is 3.68. The zero-order chi connectivity index (χ0) is 18.0. The van der Waals surface area contributed by atoms with E-state index in [-0.39, 0.29) is 24.3 Å². The van der Waals surface area contributed by atoms with Crippen molar-refractivity contribution >= 4 is 11.7 Å². The summed E-state index contributed by atoms with van der Waals surface area (Å²) in [6.45, 7) is 9.59. The zero-order valence-corrected chi connectivity index (χ0v) is 15.1. The predicted octanol–water partition coefficient (Wildman–Crippen LogP) is 3.41. The molecular formula is C17H27N3O4. The molecule has 1 heterocycles. The van der Waals surface area contributed by atoms with Gasteiger partial charge in [-0.1, -0.05) is 27.2 Å². The highest BCUT2D eigenvalue weighted by Gasteiger charge is 2.33. The fraction of sp³-hybridized carbons (Fsp3) is 0.765. The summed E-state index contributed by atoms with van der Waals surface area (Å²) in [6.07, 6.45) is 3.04. The summed E-state index contributed by atoms with van der Waals surface area (Å²) >= 11 is 0. The minimum atomic E-state index is -0.461. The van der Waals surface area contributed by atoms with Crippen molar-refractivity contribution in [3.63, 3.8) is 0 Å². The van der Waals surface area contributed by atoms with Crippen molar-refractivity contribution in [3.8, 4) is 0 Å². The Balaban J connectivity index is 2.07. The standard InChI is InChI=1S/C17H27N3O4/c1-10(2)14-7-6-11(3)8-15(14)24-16(21)9-19-13(5)17(20(22)23)12(4)18-19/h10-11,14-15H,6-9H2,1-5H3/t11-,14+,15+/m0/s1. The van der Waals surface area contributed by atoms with Gasteiger partial charge in [0.15, 0.2) is 0 Å². The van der Waals surface area contributed by atoms with Gasteiger partial charge in [0.1, 0.15) is 24.0 Å². The highest BCUT2D eigenvalue weighted by atomic mass is 16.6. The van der Waals surface area contributed by atoms with E-state index in [0.717, 1.165) is 12.8 Å². The molecule has 0 aromatic carbocycles. The van der Waals surface area contributed by atoms with Crippen LogP contribution in [-0.2, 0) is 16.1 Å². The van der Waals surface area contributed by atoms with E-state index in [4.69, 9.17) is 4.74 Å². The van der Waals surface area contributed by atoms with E-state index in [1.807, 2.05) is 0 Å². The third-order valence-corrected chi connectivity index (χ3v) is 5.05. The first-order valence-electron chi connectivity index (χ1n) is 8.58. The minimum absolute atomic E-state index is 0.0332. The van der Waals surface area contributed by atoms with Crippen LogP contribution in [0.1, 0.15) is 51.4 Å². The molecule has 0 spiro atoms. The van der Waals surface area contributed by atoms with Gasteiger partial charge < -0.3 is 4.74 Å². The topological polar surface area (TPSA) is 87.3 Å². The van der Waals surface area contributed by atoms with E-state index in [1.165, 1.54) is 11.1 Å². The monoisotopic (exact) mass is 337 g/mol. The van der Waals surface area contributed by atoms with Gasteiger partial charge in [-0.25, -0.2) is 0 Å². The third-order valence-electron chi connectivity index (χ3n) is 5.05. The molecule has 0 aliphatic heterocycles. The van der Waals surface area contributed by atoms with E-state index >= 15 is 0 Å². The number of hydrogen-bond acceptors (Lipinski definition) is 5. The van der Waals surface area contributed by atoms with Crippen LogP contribution in [0.15, 0.2) is 0 Å². The normalized spacial score (nSPS) is 24.2. The van der Waals surface area contributed by atoms with Crippen LogP contribution in [0.3, 0.4) is 0 Å². The Hall–Kier alpha value is -1.92. The molecule has 3 atom stereocenters. The lowest BCUT2D eigenvalue weighted by atomic mass is 9.75. The summed E-state index contributed by atoms with van der Waals surface area (Å²) in [5, 5.41) is 15.2. The lowest BCUT2D eigenvalue weighted by Gasteiger charge is -2.36. The van der Waals surface area contributed by atoms with Crippen molar-refractivity contribution < 1.29 is 14.5 Å². The van der Waals surface area contributed by atoms with Gasteiger partial charge in [0.25, 0.3) is 0 Å². The molecule has 1 fully saturated rings. The van der Waals surface area contributed by atoms with Gasteiger partial charge in [0, 0.05) is 0 Å². The maximum Gasteiger partial charge on any atom is 0.328 e. The number of ether oxygens (including phenoxy) is 1. The number of carbonyl (C=O) groups is 1. The summed E-state index contributed by atoms with van der Waals surface area (Å²) < 4.78 is 7.10. The van der Waals surface area contributed by atoms with E-state index in [1.54, 1.807) is 13.8 Å². The largest absolute Gasteiger partial charge is 0.461 e. The first-order valence-corrected chi connectivity index (χ1v) is 8.58. The molecule has 0 bridgehead atoms. The van der Waals surface area contributed by atoms with E-state index < -0.39 is 4.92 Å². The second-order valence-corrected chi connectivity index (χ2v) is 7.29. The van der Waals surface area contributed by atoms with Crippen LogP contribution in [0.2, 0.25) is 0 Å². The molecule has 0 N–H and O–H groups in total. The molecular weight excluding hydrogens is 310 g/mol. The Morgan fingerprint density at radius 3 is 2.62 bits per heavy atom. The number of aromatic nitrogens is 2. The van der Waals surface area contributed by atoms with Crippen LogP contribution in [0, 0.1) is 41.7 Å². The van der Waals surface area contributed by atoms with Crippen molar-refractivity contribution in [2.45, 2.75) is 66.5 Å². The number of carbonyl (C=O) groups excluding carboxylic acids is 1. The molecule has 1 aliphatic carbocycles. The number of nitrogens with zero attached hydrogens (tertiary/aromatic N) is 3. The average molecular weight is 337 g/mol. The van der Waals surface area contributed by atoms with Gasteiger partial charge in [-0.2, -0.15) is 5.10 Å². The van der Waals surface area contributed by atoms with Crippen LogP contribution in [0.5, 0.6) is 0 Å². The molecule has 7 heteroatoms. The van der Waals surface area contributed by atoms with E-state index in [9.17, 15) is 14.9 Å². The van der Waals surface area contributed by atoms with Gasteiger partial charge in [0.2, 0.25) is 0 Å². The Morgan fingerprint density at radius 1 is 1.42 bits per heavy atom. The van der Waals surface area contributed by atoms with Gasteiger partial charge in [-0.3, -0.25) is 19.6 Å². The molecule has 7 nitrogen and oxygen atoms in total. The van der Waals surface area contributed by atoms with Crippen LogP contribution >= 0.6 is 0 Å². The molecule has 0 unspecified atom stereocenters. The van der Waals surface area contributed by atoms with Gasteiger partial charge in [-0.05, 0) is 44.4 Å². The van der Waals surface area contributed by atoms with E-state index in [2.05, 4.69) is 25.9 Å². The summed E-state index contributed by atoms with van der Waals surface area (Å²) in [6, 6.07) is 0. The zero-order valence-electron chi connectivity index (χ0n) is 15.1. The van der Waals surface area contributed by atoms with Crippen molar-refractivity contribution in [1.29, 1.82) is 0 Å². The molecule has 1 aliphatic rings. The second-order valence-electron chi connectivity index (χ2n) is 7.29. The minimum Gasteiger partial charge on any atom is -0.461 e. The van der Waals surface area contributed by atoms with Crippen molar-refractivity contribution in [2.24, 2.45) is 17.8 Å². The summed E-state index contributed by atoms with van der Waals surface area (Å²) in [4.78, 5) is 22.9. The van der Waals surface area contributed by atoms with Crippen molar-refractivity contribution in [3.05, 3.63) is 21.5 Å². The van der Waals surface area contributed by atoms with Gasteiger partial charge in [-0.15, -0.1) is 0 Å². The third kappa shape index (κ3) is 3.94. The first kappa shape index (κ1) is 18.4. The maximum atomic E-state index is 12.3. The highest BCUT2D eigenvalue weighted by Crippen LogP contribution is 2.35. The average Bonchev–Trinajstić information content (AvgIpc) is 2.72. The summed E-state index contributed by atoms with van der Waals surface area (Å²) in [5.74, 6) is 1.01. The first-order chi connectivity index (χ1) is 11.2. The SMILES string of the molecule is Cc1nn(CC(=O)O[C@@H]2C[C@@H](C)CC[C@@H]2C(C)C)c(C)c1[N+](=O)[O-]. The molecule has 0 saturated heterocycles. The van der Waals surface area contributed by atoms with Crippen LogP contribution in [0.25, 0.3) is 0 Å². The van der Waals surface area contributed by atoms with Crippen LogP contribution < -0.4 is 0 Å². The number of rotatable bonds is 5. The van der Waals surface area contributed by atoms with Gasteiger partial charge in [0.05, 0.1) is 4.92 Å². The number of nitro groups is 1. The molecule has 1 aromatic heterocycles. The number of hydrogen-bond donors (Lipinski definition) is 0. The molecule has 2 rings (SSSR count). The van der Waals surface area contributed by atoms with Crippen molar-refractivity contribution in [1.82, 2.24) is 9.78 Å². The Kier molecular flexibility index (Phi) is 5.62. The highest BCUT2D eigenvalue weighted by molar-refractivity contribution is 5.69. The summed E-state index contributed by atoms with van der Waals surface area (Å²) in [7, 11) is 0. The quantitative estimate of drug-likeness (QED) is 0.467. The molecule has 134 valence electrons. The number of esters is 1. The molecule has 1 aromatic rings. The van der Waals surface area contributed by atoms with Gasteiger partial charge >= 0.3 is 11.7 Å². The molecule has 24 heavy (non-hydrogen) atoms. The lowest BCUT2D eigenvalue weighted by molar-refractivity contribution is -0.386. The smallest absolute Gasteiger partial charge is 0.328 e. The molecule has 0 radical (unpaired) electrons. The molecule has 0 amide bonds. The van der Waals surface area contributed by atoms with E-state index in [0.29, 0.717) is 29.1 Å². The van der Waals surface area contributed by atoms with Crippen LogP contribution in [-0.4, -0.2) is 26.8 Å². The molecule has 1 saturated carbocycles. The van der Waals surface area contributed by atoms with Crippen molar-refractivity contribution in [2.75, 3.05) is 0 Å². The fourth-order valence-corrected chi connectivity index (χ4v) is 3.68.